The number of amides is 1. The molecule has 0 fully saturated rings. The Balaban J connectivity index is 2.27. The van der Waals surface area contributed by atoms with Crippen molar-refractivity contribution in [3.05, 3.63) is 29.8 Å². The van der Waals surface area contributed by atoms with Gasteiger partial charge >= 0.3 is 0 Å². The van der Waals surface area contributed by atoms with Gasteiger partial charge in [-0.3, -0.25) is 4.79 Å². The Labute approximate surface area is 98.8 Å². The van der Waals surface area contributed by atoms with Gasteiger partial charge in [0.1, 0.15) is 0 Å². The number of thioether (sulfide) groups is 1. The van der Waals surface area contributed by atoms with E-state index in [1.54, 1.807) is 11.8 Å². The van der Waals surface area contributed by atoms with Gasteiger partial charge in [-0.05, 0) is 37.0 Å². The molecule has 1 rings (SSSR count). The fourth-order valence-electron chi connectivity index (χ4n) is 1.19. The largest absolute Gasteiger partial charge is 0.352 e. The number of carbonyl (C=O) groups is 1. The molecule has 0 aliphatic carbocycles. The van der Waals surface area contributed by atoms with E-state index in [1.807, 2.05) is 0 Å². The summed E-state index contributed by atoms with van der Waals surface area (Å²) in [6.45, 7) is 0.650. The highest BCUT2D eigenvalue weighted by Crippen LogP contribution is 2.00. The first-order valence-electron chi connectivity index (χ1n) is 5.12. The first-order valence-corrected chi connectivity index (χ1v) is 6.52. The van der Waals surface area contributed by atoms with E-state index >= 15 is 0 Å². The summed E-state index contributed by atoms with van der Waals surface area (Å²) in [5.41, 5.74) is 0.395. The molecule has 88 valence electrons. The van der Waals surface area contributed by atoms with Gasteiger partial charge in [0.15, 0.2) is 0 Å². The van der Waals surface area contributed by atoms with Gasteiger partial charge in [-0.15, -0.1) is 0 Å². The van der Waals surface area contributed by atoms with E-state index < -0.39 is 5.95 Å². The molecule has 0 bridgehead atoms. The van der Waals surface area contributed by atoms with Crippen molar-refractivity contribution >= 4 is 17.7 Å². The first kappa shape index (κ1) is 13.0. The molecule has 0 aromatic carbocycles. The number of nitrogens with zero attached hydrogens (tertiary/aromatic N) is 1. The lowest BCUT2D eigenvalue weighted by atomic mass is 10.2. The molecule has 1 aromatic rings. The van der Waals surface area contributed by atoms with Gasteiger partial charge < -0.3 is 5.32 Å². The number of aromatic nitrogens is 1. The van der Waals surface area contributed by atoms with Crippen molar-refractivity contribution in [1.82, 2.24) is 10.3 Å². The van der Waals surface area contributed by atoms with Crippen LogP contribution in [0.15, 0.2) is 18.3 Å². The van der Waals surface area contributed by atoms with Gasteiger partial charge in [0.25, 0.3) is 5.91 Å². The lowest BCUT2D eigenvalue weighted by Gasteiger charge is -2.04. The summed E-state index contributed by atoms with van der Waals surface area (Å²) < 4.78 is 12.5. The number of rotatable bonds is 6. The number of hydrogen-bond acceptors (Lipinski definition) is 3. The SMILES string of the molecule is CSCCCCNC(=O)c1ccc(F)nc1. The maximum absolute atomic E-state index is 12.5. The fraction of sp³-hybridized carbons (Fsp3) is 0.455. The smallest absolute Gasteiger partial charge is 0.252 e. The molecule has 0 aliphatic rings. The number of nitrogens with one attached hydrogen (secondary N) is 1. The predicted molar refractivity (Wildman–Crippen MR) is 64.1 cm³/mol. The van der Waals surface area contributed by atoms with Gasteiger partial charge in [0, 0.05) is 12.7 Å². The summed E-state index contributed by atoms with van der Waals surface area (Å²) in [5, 5.41) is 2.77. The van der Waals surface area contributed by atoms with Gasteiger partial charge in [-0.1, -0.05) is 0 Å². The highest BCUT2D eigenvalue weighted by atomic mass is 32.2. The molecule has 3 nitrogen and oxygen atoms in total. The van der Waals surface area contributed by atoms with Gasteiger partial charge in [0.05, 0.1) is 5.56 Å². The van der Waals surface area contributed by atoms with Crippen LogP contribution in [0.1, 0.15) is 23.2 Å². The van der Waals surface area contributed by atoms with Gasteiger partial charge in [-0.25, -0.2) is 4.98 Å². The minimum Gasteiger partial charge on any atom is -0.352 e. The second kappa shape index (κ2) is 7.22. The lowest BCUT2D eigenvalue weighted by molar-refractivity contribution is 0.0952. The van der Waals surface area contributed by atoms with Crippen molar-refractivity contribution in [3.63, 3.8) is 0 Å². The minimum atomic E-state index is -0.573. The summed E-state index contributed by atoms with van der Waals surface area (Å²) in [6.07, 6.45) is 5.35. The molecule has 0 aliphatic heterocycles. The molecule has 0 saturated heterocycles. The average molecular weight is 242 g/mol. The molecule has 0 atom stereocenters. The Morgan fingerprint density at radius 3 is 2.94 bits per heavy atom. The number of unbranched alkanes of at least 4 members (excludes halogenated alkanes) is 1. The van der Waals surface area contributed by atoms with Crippen molar-refractivity contribution in [2.45, 2.75) is 12.8 Å². The van der Waals surface area contributed by atoms with Crippen LogP contribution in [0.25, 0.3) is 0 Å². The van der Waals surface area contributed by atoms with E-state index in [-0.39, 0.29) is 5.91 Å². The van der Waals surface area contributed by atoms with Crippen molar-refractivity contribution in [3.8, 4) is 0 Å². The Kier molecular flexibility index (Phi) is 5.85. The minimum absolute atomic E-state index is 0.198. The molecule has 1 amide bonds. The highest BCUT2D eigenvalue weighted by Gasteiger charge is 2.04. The summed E-state index contributed by atoms with van der Waals surface area (Å²) >= 11 is 1.79. The standard InChI is InChI=1S/C11H15FN2OS/c1-16-7-3-2-6-13-11(15)9-4-5-10(12)14-8-9/h4-5,8H,2-3,6-7H2,1H3,(H,13,15). The van der Waals surface area contributed by atoms with Crippen molar-refractivity contribution in [2.24, 2.45) is 0 Å². The number of halogens is 1. The van der Waals surface area contributed by atoms with Crippen LogP contribution < -0.4 is 5.32 Å². The van der Waals surface area contributed by atoms with Gasteiger partial charge in [-0.2, -0.15) is 16.2 Å². The molecule has 1 heterocycles. The lowest BCUT2D eigenvalue weighted by Crippen LogP contribution is -2.24. The van der Waals surface area contributed by atoms with Crippen LogP contribution in [0.4, 0.5) is 4.39 Å². The van der Waals surface area contributed by atoms with Gasteiger partial charge in [0.2, 0.25) is 5.95 Å². The molecule has 0 saturated carbocycles. The van der Waals surface area contributed by atoms with Crippen LogP contribution in [0.5, 0.6) is 0 Å². The van der Waals surface area contributed by atoms with E-state index in [1.165, 1.54) is 18.3 Å². The molecule has 5 heteroatoms. The molecule has 16 heavy (non-hydrogen) atoms. The molecular formula is C11H15FN2OS. The zero-order chi connectivity index (χ0) is 11.8. The van der Waals surface area contributed by atoms with Crippen LogP contribution >= 0.6 is 11.8 Å². The number of carbonyl (C=O) groups excluding carboxylic acids is 1. The van der Waals surface area contributed by atoms with Crippen molar-refractivity contribution in [1.29, 1.82) is 0 Å². The predicted octanol–water partition coefficient (Wildman–Crippen LogP) is 2.09. The second-order valence-corrected chi connectivity index (χ2v) is 4.31. The molecule has 1 N–H and O–H groups in total. The summed E-state index contributed by atoms with van der Waals surface area (Å²) in [6, 6.07) is 2.61. The van der Waals surface area contributed by atoms with E-state index in [2.05, 4.69) is 16.6 Å². The molecule has 1 aromatic heterocycles. The highest BCUT2D eigenvalue weighted by molar-refractivity contribution is 7.98. The van der Waals surface area contributed by atoms with Crippen LogP contribution in [-0.2, 0) is 0 Å². The van der Waals surface area contributed by atoms with E-state index in [9.17, 15) is 9.18 Å². The normalized spacial score (nSPS) is 10.1. The zero-order valence-electron chi connectivity index (χ0n) is 9.20. The zero-order valence-corrected chi connectivity index (χ0v) is 10.0. The van der Waals surface area contributed by atoms with Crippen LogP contribution in [0, 0.1) is 5.95 Å². The number of hydrogen-bond donors (Lipinski definition) is 1. The summed E-state index contributed by atoms with van der Waals surface area (Å²) in [7, 11) is 0. The summed E-state index contributed by atoms with van der Waals surface area (Å²) in [5.74, 6) is 0.335. The average Bonchev–Trinajstić information content (AvgIpc) is 2.29. The van der Waals surface area contributed by atoms with Crippen molar-refractivity contribution < 1.29 is 9.18 Å². The Bertz CT molecular complexity index is 329. The molecular weight excluding hydrogens is 227 g/mol. The Morgan fingerprint density at radius 2 is 2.31 bits per heavy atom. The van der Waals surface area contributed by atoms with Crippen LogP contribution in [0.3, 0.4) is 0 Å². The third-order valence-electron chi connectivity index (χ3n) is 2.05. The first-order chi connectivity index (χ1) is 7.74. The molecule has 0 radical (unpaired) electrons. The quantitative estimate of drug-likeness (QED) is 0.613. The Morgan fingerprint density at radius 1 is 1.50 bits per heavy atom. The third-order valence-corrected chi connectivity index (χ3v) is 2.75. The Hall–Kier alpha value is -1.10. The molecule has 0 spiro atoms. The summed E-state index contributed by atoms with van der Waals surface area (Å²) in [4.78, 5) is 14.9. The third kappa shape index (κ3) is 4.61. The second-order valence-electron chi connectivity index (χ2n) is 3.33. The topological polar surface area (TPSA) is 42.0 Å². The van der Waals surface area contributed by atoms with E-state index in [0.29, 0.717) is 12.1 Å². The fourth-order valence-corrected chi connectivity index (χ4v) is 1.68. The molecule has 0 unspecified atom stereocenters. The van der Waals surface area contributed by atoms with Crippen LogP contribution in [0.2, 0.25) is 0 Å². The maximum atomic E-state index is 12.5. The number of pyridine rings is 1. The maximum Gasteiger partial charge on any atom is 0.252 e. The monoisotopic (exact) mass is 242 g/mol. The van der Waals surface area contributed by atoms with E-state index in [0.717, 1.165) is 18.6 Å². The van der Waals surface area contributed by atoms with Crippen LogP contribution in [-0.4, -0.2) is 29.4 Å². The van der Waals surface area contributed by atoms with E-state index in [4.69, 9.17) is 0 Å². The van der Waals surface area contributed by atoms with Crippen molar-refractivity contribution in [2.75, 3.05) is 18.6 Å².